The van der Waals surface area contributed by atoms with Crippen molar-refractivity contribution >= 4 is 0 Å². The van der Waals surface area contributed by atoms with E-state index < -0.39 is 0 Å². The molecule has 0 aliphatic carbocycles. The van der Waals surface area contributed by atoms with Gasteiger partial charge in [-0.2, -0.15) is 0 Å². The molecule has 90 valence electrons. The molecule has 0 saturated carbocycles. The van der Waals surface area contributed by atoms with E-state index in [-0.39, 0.29) is 18.6 Å². The van der Waals surface area contributed by atoms with Crippen LogP contribution in [0, 0.1) is 0 Å². The predicted molar refractivity (Wildman–Crippen MR) is 64.3 cm³/mol. The molecule has 0 bridgehead atoms. The zero-order chi connectivity index (χ0) is 12.1. The normalized spacial score (nSPS) is 12.6. The van der Waals surface area contributed by atoms with Crippen LogP contribution in [0.4, 0.5) is 0 Å². The minimum Gasteiger partial charge on any atom is -0.493 e. The molecule has 0 spiro atoms. The van der Waals surface area contributed by atoms with Gasteiger partial charge in [0.05, 0.1) is 13.2 Å². The van der Waals surface area contributed by atoms with Gasteiger partial charge in [-0.15, -0.1) is 0 Å². The Morgan fingerprint density at radius 2 is 1.94 bits per heavy atom. The monoisotopic (exact) mass is 224 g/mol. The van der Waals surface area contributed by atoms with Crippen LogP contribution >= 0.6 is 0 Å². The van der Waals surface area contributed by atoms with E-state index in [1.165, 1.54) is 0 Å². The number of methoxy groups -OCH3 is 1. The van der Waals surface area contributed by atoms with Crippen LogP contribution in [0.2, 0.25) is 0 Å². The van der Waals surface area contributed by atoms with Gasteiger partial charge in [0.2, 0.25) is 0 Å². The van der Waals surface area contributed by atoms with Crippen molar-refractivity contribution in [1.29, 1.82) is 0 Å². The van der Waals surface area contributed by atoms with Gasteiger partial charge < -0.3 is 14.6 Å². The topological polar surface area (TPSA) is 38.7 Å². The molecule has 1 aromatic rings. The molecule has 0 aliphatic heterocycles. The van der Waals surface area contributed by atoms with Crippen LogP contribution in [0.3, 0.4) is 0 Å². The maximum absolute atomic E-state index is 9.18. The quantitative estimate of drug-likeness (QED) is 0.835. The predicted octanol–water partition coefficient (Wildman–Crippen LogP) is 2.58. The molecule has 1 rings (SSSR count). The molecule has 0 aliphatic rings. The average molecular weight is 224 g/mol. The number of benzene rings is 1. The molecular weight excluding hydrogens is 204 g/mol. The van der Waals surface area contributed by atoms with Gasteiger partial charge in [-0.1, -0.05) is 19.1 Å². The minimum atomic E-state index is 0.0469. The van der Waals surface area contributed by atoms with Crippen molar-refractivity contribution in [1.82, 2.24) is 0 Å². The first-order chi connectivity index (χ1) is 7.60. The zero-order valence-corrected chi connectivity index (χ0v) is 10.4. The van der Waals surface area contributed by atoms with Crippen molar-refractivity contribution in [2.24, 2.45) is 0 Å². The summed E-state index contributed by atoms with van der Waals surface area (Å²) in [5, 5.41) is 9.18. The van der Waals surface area contributed by atoms with E-state index in [0.29, 0.717) is 0 Å². The highest BCUT2D eigenvalue weighted by molar-refractivity contribution is 5.48. The first-order valence-corrected chi connectivity index (χ1v) is 5.54. The fourth-order valence-electron chi connectivity index (χ4n) is 1.58. The van der Waals surface area contributed by atoms with E-state index >= 15 is 0 Å². The summed E-state index contributed by atoms with van der Waals surface area (Å²) >= 11 is 0. The summed E-state index contributed by atoms with van der Waals surface area (Å²) in [5.41, 5.74) is 0.975. The second-order valence-electron chi connectivity index (χ2n) is 4.13. The standard InChI is InChI=1S/C13H20O3/c1-9(2)16-12-7-5-6-11(10(3)8-14)13(12)15-4/h5-7,9-10,14H,8H2,1-4H3. The second-order valence-corrected chi connectivity index (χ2v) is 4.13. The zero-order valence-electron chi connectivity index (χ0n) is 10.4. The van der Waals surface area contributed by atoms with Crippen LogP contribution in [0.1, 0.15) is 32.3 Å². The summed E-state index contributed by atoms with van der Waals surface area (Å²) in [6.07, 6.45) is 0.105. The van der Waals surface area contributed by atoms with Crippen LogP contribution in [0.15, 0.2) is 18.2 Å². The Balaban J connectivity index is 3.10. The van der Waals surface area contributed by atoms with Gasteiger partial charge in [-0.05, 0) is 19.9 Å². The summed E-state index contributed by atoms with van der Waals surface area (Å²) in [5.74, 6) is 1.50. The smallest absolute Gasteiger partial charge is 0.164 e. The molecule has 0 amide bonds. The van der Waals surface area contributed by atoms with Gasteiger partial charge in [0.1, 0.15) is 0 Å². The molecule has 0 aromatic heterocycles. The van der Waals surface area contributed by atoms with Crippen molar-refractivity contribution in [3.05, 3.63) is 23.8 Å². The van der Waals surface area contributed by atoms with Crippen LogP contribution < -0.4 is 9.47 Å². The van der Waals surface area contributed by atoms with Gasteiger partial charge in [-0.25, -0.2) is 0 Å². The lowest BCUT2D eigenvalue weighted by atomic mass is 10.0. The lowest BCUT2D eigenvalue weighted by Crippen LogP contribution is -2.09. The molecule has 1 unspecified atom stereocenters. The molecule has 0 radical (unpaired) electrons. The van der Waals surface area contributed by atoms with Crippen molar-refractivity contribution < 1.29 is 14.6 Å². The van der Waals surface area contributed by atoms with E-state index in [1.54, 1.807) is 7.11 Å². The van der Waals surface area contributed by atoms with E-state index in [2.05, 4.69) is 0 Å². The van der Waals surface area contributed by atoms with E-state index in [1.807, 2.05) is 39.0 Å². The SMILES string of the molecule is COc1c(OC(C)C)cccc1C(C)CO. The maximum Gasteiger partial charge on any atom is 0.164 e. The van der Waals surface area contributed by atoms with Crippen LogP contribution in [0.25, 0.3) is 0 Å². The lowest BCUT2D eigenvalue weighted by Gasteiger charge is -2.18. The molecule has 0 heterocycles. The van der Waals surface area contributed by atoms with Gasteiger partial charge in [0, 0.05) is 18.1 Å². The fourth-order valence-corrected chi connectivity index (χ4v) is 1.58. The summed E-state index contributed by atoms with van der Waals surface area (Å²) in [7, 11) is 1.62. The third kappa shape index (κ3) is 2.89. The molecule has 3 heteroatoms. The van der Waals surface area contributed by atoms with Gasteiger partial charge in [-0.3, -0.25) is 0 Å². The number of hydrogen-bond donors (Lipinski definition) is 1. The first-order valence-electron chi connectivity index (χ1n) is 5.54. The maximum atomic E-state index is 9.18. The van der Waals surface area contributed by atoms with Crippen molar-refractivity contribution in [3.63, 3.8) is 0 Å². The summed E-state index contributed by atoms with van der Waals surface area (Å²) in [6, 6.07) is 5.75. The Morgan fingerprint density at radius 3 is 2.44 bits per heavy atom. The molecule has 16 heavy (non-hydrogen) atoms. The number of aliphatic hydroxyl groups excluding tert-OH is 1. The van der Waals surface area contributed by atoms with E-state index in [0.717, 1.165) is 17.1 Å². The Bertz CT molecular complexity index is 334. The third-order valence-electron chi connectivity index (χ3n) is 2.38. The highest BCUT2D eigenvalue weighted by atomic mass is 16.5. The largest absolute Gasteiger partial charge is 0.493 e. The molecule has 1 N–H and O–H groups in total. The number of rotatable bonds is 5. The van der Waals surface area contributed by atoms with E-state index in [4.69, 9.17) is 9.47 Å². The van der Waals surface area contributed by atoms with Gasteiger partial charge in [0.15, 0.2) is 11.5 Å². The lowest BCUT2D eigenvalue weighted by molar-refractivity contribution is 0.227. The van der Waals surface area contributed by atoms with E-state index in [9.17, 15) is 5.11 Å². The number of hydrogen-bond acceptors (Lipinski definition) is 3. The minimum absolute atomic E-state index is 0.0469. The van der Waals surface area contributed by atoms with Gasteiger partial charge >= 0.3 is 0 Å². The molecule has 3 nitrogen and oxygen atoms in total. The molecule has 1 atom stereocenters. The number of para-hydroxylation sites is 1. The highest BCUT2D eigenvalue weighted by Crippen LogP contribution is 2.35. The molecule has 1 aromatic carbocycles. The summed E-state index contributed by atoms with van der Waals surface area (Å²) in [6.45, 7) is 6.00. The highest BCUT2D eigenvalue weighted by Gasteiger charge is 2.15. The fraction of sp³-hybridized carbons (Fsp3) is 0.538. The summed E-state index contributed by atoms with van der Waals surface area (Å²) < 4.78 is 11.0. The average Bonchev–Trinajstić information content (AvgIpc) is 2.27. The van der Waals surface area contributed by atoms with Crippen molar-refractivity contribution in [3.8, 4) is 11.5 Å². The van der Waals surface area contributed by atoms with Crippen molar-refractivity contribution in [2.75, 3.05) is 13.7 Å². The molecule has 0 saturated heterocycles. The van der Waals surface area contributed by atoms with Crippen molar-refractivity contribution in [2.45, 2.75) is 32.8 Å². The van der Waals surface area contributed by atoms with Crippen LogP contribution in [-0.4, -0.2) is 24.9 Å². The van der Waals surface area contributed by atoms with Gasteiger partial charge in [0.25, 0.3) is 0 Å². The Hall–Kier alpha value is -1.22. The molecular formula is C13H20O3. The van der Waals surface area contributed by atoms with Crippen LogP contribution in [0.5, 0.6) is 11.5 Å². The third-order valence-corrected chi connectivity index (χ3v) is 2.38. The summed E-state index contributed by atoms with van der Waals surface area (Å²) in [4.78, 5) is 0. The Labute approximate surface area is 97.0 Å². The van der Waals surface area contributed by atoms with Crippen LogP contribution in [-0.2, 0) is 0 Å². The Morgan fingerprint density at radius 1 is 1.25 bits per heavy atom. The first kappa shape index (κ1) is 12.8. The number of ether oxygens (including phenoxy) is 2. The number of aliphatic hydroxyl groups is 1. The Kier molecular flexibility index (Phi) is 4.62. The second kappa shape index (κ2) is 5.75. The molecule has 0 fully saturated rings.